The van der Waals surface area contributed by atoms with Crippen LogP contribution in [-0.4, -0.2) is 49.1 Å². The van der Waals surface area contributed by atoms with Gasteiger partial charge in [0, 0.05) is 44.4 Å². The number of anilines is 1. The molecule has 0 radical (unpaired) electrons. The first-order valence-electron chi connectivity index (χ1n) is 9.59. The number of amides is 2. The van der Waals surface area contributed by atoms with E-state index < -0.39 is 0 Å². The van der Waals surface area contributed by atoms with E-state index in [1.54, 1.807) is 31.3 Å². The fraction of sp³-hybridized carbons (Fsp3) is 0.350. The number of carbonyl (C=O) groups is 2. The van der Waals surface area contributed by atoms with Crippen molar-refractivity contribution in [2.45, 2.75) is 25.8 Å². The van der Waals surface area contributed by atoms with Crippen molar-refractivity contribution < 1.29 is 9.59 Å². The largest absolute Gasteiger partial charge is 0.339 e. The summed E-state index contributed by atoms with van der Waals surface area (Å²) in [6.07, 6.45) is 5.07. The predicted octanol–water partition coefficient (Wildman–Crippen LogP) is 1.39. The molecule has 0 aliphatic carbocycles. The zero-order chi connectivity index (χ0) is 20.4. The minimum absolute atomic E-state index is 0.0130. The van der Waals surface area contributed by atoms with Crippen LogP contribution in [-0.2, 0) is 18.4 Å². The molecule has 0 saturated carbocycles. The highest BCUT2D eigenvalue weighted by molar-refractivity contribution is 5.97. The lowest BCUT2D eigenvalue weighted by atomic mass is 10.1. The second-order valence-corrected chi connectivity index (χ2v) is 7.13. The molecule has 0 unspecified atom stereocenters. The maximum atomic E-state index is 12.5. The summed E-state index contributed by atoms with van der Waals surface area (Å²) in [4.78, 5) is 43.4. The summed E-state index contributed by atoms with van der Waals surface area (Å²) in [5, 5.41) is 7.25. The first kappa shape index (κ1) is 18.9. The van der Waals surface area contributed by atoms with Gasteiger partial charge in [-0.25, -0.2) is 4.98 Å². The topological polar surface area (TPSA) is 102 Å². The lowest BCUT2D eigenvalue weighted by Crippen LogP contribution is -2.27. The molecule has 1 N–H and O–H groups in total. The Morgan fingerprint density at radius 3 is 2.79 bits per heavy atom. The molecule has 4 rings (SSSR count). The summed E-state index contributed by atoms with van der Waals surface area (Å²) >= 11 is 0. The van der Waals surface area contributed by atoms with Crippen molar-refractivity contribution in [1.82, 2.24) is 24.2 Å². The number of nitrogens with one attached hydrogen (secondary N) is 1. The minimum atomic E-state index is -0.242. The van der Waals surface area contributed by atoms with E-state index in [-0.39, 0.29) is 30.3 Å². The van der Waals surface area contributed by atoms with Crippen molar-refractivity contribution in [3.8, 4) is 0 Å². The molecule has 150 valence electrons. The zero-order valence-corrected chi connectivity index (χ0v) is 16.2. The Hall–Kier alpha value is -3.49. The maximum absolute atomic E-state index is 12.5. The molecule has 2 aromatic heterocycles. The highest BCUT2D eigenvalue weighted by atomic mass is 16.2. The fourth-order valence-electron chi connectivity index (χ4n) is 3.50. The molecular formula is C20H22N6O3. The van der Waals surface area contributed by atoms with Gasteiger partial charge in [-0.1, -0.05) is 6.07 Å². The quantitative estimate of drug-likeness (QED) is 0.705. The van der Waals surface area contributed by atoms with Crippen LogP contribution in [0.15, 0.2) is 41.6 Å². The third-order valence-corrected chi connectivity index (χ3v) is 5.08. The van der Waals surface area contributed by atoms with Crippen LogP contribution >= 0.6 is 0 Å². The van der Waals surface area contributed by atoms with Crippen LogP contribution in [0.25, 0.3) is 11.0 Å². The normalized spacial score (nSPS) is 13.8. The van der Waals surface area contributed by atoms with Crippen LogP contribution in [0, 0.1) is 0 Å². The van der Waals surface area contributed by atoms with Gasteiger partial charge in [0.2, 0.25) is 5.91 Å². The van der Waals surface area contributed by atoms with Gasteiger partial charge in [0.1, 0.15) is 5.39 Å². The van der Waals surface area contributed by atoms with Gasteiger partial charge in [-0.15, -0.1) is 0 Å². The van der Waals surface area contributed by atoms with E-state index in [4.69, 9.17) is 0 Å². The molecule has 29 heavy (non-hydrogen) atoms. The number of rotatable bonds is 5. The van der Waals surface area contributed by atoms with Crippen molar-refractivity contribution in [2.24, 2.45) is 7.05 Å². The van der Waals surface area contributed by atoms with E-state index in [0.717, 1.165) is 25.9 Å². The number of carbonyl (C=O) groups excluding carboxylic acids is 2. The maximum Gasteiger partial charge on any atom is 0.264 e. The summed E-state index contributed by atoms with van der Waals surface area (Å²) < 4.78 is 2.93. The highest BCUT2D eigenvalue weighted by Crippen LogP contribution is 2.16. The van der Waals surface area contributed by atoms with E-state index in [0.29, 0.717) is 22.3 Å². The summed E-state index contributed by atoms with van der Waals surface area (Å²) in [5.41, 5.74) is 1.41. The Morgan fingerprint density at radius 1 is 1.21 bits per heavy atom. The van der Waals surface area contributed by atoms with Gasteiger partial charge in [0.15, 0.2) is 5.65 Å². The molecule has 0 atom stereocenters. The Morgan fingerprint density at radius 2 is 2.00 bits per heavy atom. The highest BCUT2D eigenvalue weighted by Gasteiger charge is 2.19. The van der Waals surface area contributed by atoms with Gasteiger partial charge in [-0.3, -0.25) is 23.6 Å². The molecule has 1 saturated heterocycles. The SMILES string of the molecule is Cn1ncc2c(=O)n(CCC(=O)Nc3cccc(C(=O)N4CCCC4)c3)cnc21. The molecule has 3 aromatic rings. The third-order valence-electron chi connectivity index (χ3n) is 5.08. The van der Waals surface area contributed by atoms with E-state index in [2.05, 4.69) is 15.4 Å². The average molecular weight is 394 g/mol. The van der Waals surface area contributed by atoms with E-state index >= 15 is 0 Å². The summed E-state index contributed by atoms with van der Waals surface area (Å²) in [5.74, 6) is -0.255. The minimum Gasteiger partial charge on any atom is -0.339 e. The van der Waals surface area contributed by atoms with Crippen molar-refractivity contribution in [3.05, 3.63) is 52.7 Å². The monoisotopic (exact) mass is 394 g/mol. The first-order valence-corrected chi connectivity index (χ1v) is 9.59. The predicted molar refractivity (Wildman–Crippen MR) is 108 cm³/mol. The van der Waals surface area contributed by atoms with Gasteiger partial charge in [0.25, 0.3) is 11.5 Å². The smallest absolute Gasteiger partial charge is 0.264 e. The van der Waals surface area contributed by atoms with E-state index in [1.165, 1.54) is 21.8 Å². The molecule has 1 aliphatic heterocycles. The van der Waals surface area contributed by atoms with Crippen molar-refractivity contribution in [1.29, 1.82) is 0 Å². The lowest BCUT2D eigenvalue weighted by molar-refractivity contribution is -0.116. The van der Waals surface area contributed by atoms with Gasteiger partial charge in [0.05, 0.1) is 12.5 Å². The van der Waals surface area contributed by atoms with Crippen molar-refractivity contribution in [3.63, 3.8) is 0 Å². The van der Waals surface area contributed by atoms with Crippen LogP contribution in [0.4, 0.5) is 5.69 Å². The standard InChI is InChI=1S/C20H22N6O3/c1-24-18-16(12-22-24)20(29)26(13-21-18)10-7-17(27)23-15-6-4-5-14(11-15)19(28)25-8-2-3-9-25/h4-6,11-13H,2-3,7-10H2,1H3,(H,23,27). The van der Waals surface area contributed by atoms with Crippen LogP contribution in [0.5, 0.6) is 0 Å². The Kier molecular flexibility index (Phi) is 5.11. The Balaban J connectivity index is 1.40. The number of fused-ring (bicyclic) bond motifs is 1. The molecule has 1 fully saturated rings. The first-order chi connectivity index (χ1) is 14.0. The Bertz CT molecular complexity index is 1130. The number of nitrogens with zero attached hydrogens (tertiary/aromatic N) is 5. The lowest BCUT2D eigenvalue weighted by Gasteiger charge is -2.15. The molecule has 0 spiro atoms. The van der Waals surface area contributed by atoms with Gasteiger partial charge in [-0.05, 0) is 31.0 Å². The summed E-state index contributed by atoms with van der Waals surface area (Å²) in [6.45, 7) is 1.76. The van der Waals surface area contributed by atoms with E-state index in [9.17, 15) is 14.4 Å². The molecule has 2 amide bonds. The molecule has 9 heteroatoms. The second-order valence-electron chi connectivity index (χ2n) is 7.13. The van der Waals surface area contributed by atoms with Crippen molar-refractivity contribution in [2.75, 3.05) is 18.4 Å². The van der Waals surface area contributed by atoms with Crippen molar-refractivity contribution >= 4 is 28.5 Å². The molecule has 1 aromatic carbocycles. The number of aryl methyl sites for hydroxylation is 2. The number of hydrogen-bond donors (Lipinski definition) is 1. The van der Waals surface area contributed by atoms with Crippen LogP contribution < -0.4 is 10.9 Å². The number of hydrogen-bond acceptors (Lipinski definition) is 5. The second kappa shape index (κ2) is 7.86. The zero-order valence-electron chi connectivity index (χ0n) is 16.2. The number of aromatic nitrogens is 4. The molecule has 9 nitrogen and oxygen atoms in total. The van der Waals surface area contributed by atoms with Crippen LogP contribution in [0.3, 0.4) is 0 Å². The average Bonchev–Trinajstić information content (AvgIpc) is 3.38. The van der Waals surface area contributed by atoms with Gasteiger partial charge >= 0.3 is 0 Å². The molecule has 0 bridgehead atoms. The van der Waals surface area contributed by atoms with Crippen LogP contribution in [0.2, 0.25) is 0 Å². The molecule has 1 aliphatic rings. The van der Waals surface area contributed by atoms with Gasteiger partial charge < -0.3 is 10.2 Å². The van der Waals surface area contributed by atoms with Gasteiger partial charge in [-0.2, -0.15) is 5.10 Å². The molecular weight excluding hydrogens is 372 g/mol. The summed E-state index contributed by atoms with van der Waals surface area (Å²) in [7, 11) is 1.72. The van der Waals surface area contributed by atoms with E-state index in [1.807, 2.05) is 4.90 Å². The molecule has 3 heterocycles. The fourth-order valence-corrected chi connectivity index (χ4v) is 3.50. The Labute approximate surface area is 166 Å². The number of likely N-dealkylation sites (tertiary alicyclic amines) is 1. The third kappa shape index (κ3) is 3.89. The number of benzene rings is 1. The summed E-state index contributed by atoms with van der Waals surface area (Å²) in [6, 6.07) is 6.94. The van der Waals surface area contributed by atoms with Crippen LogP contribution in [0.1, 0.15) is 29.6 Å².